The van der Waals surface area contributed by atoms with Gasteiger partial charge in [0.1, 0.15) is 5.60 Å². The molecule has 1 saturated carbocycles. The lowest BCUT2D eigenvalue weighted by molar-refractivity contribution is -0.130. The summed E-state index contributed by atoms with van der Waals surface area (Å²) in [6.07, 6.45) is 2.08. The van der Waals surface area contributed by atoms with Crippen LogP contribution in [-0.4, -0.2) is 17.6 Å². The molecule has 2 rings (SSSR count). The highest BCUT2D eigenvalue weighted by Crippen LogP contribution is 2.46. The van der Waals surface area contributed by atoms with Gasteiger partial charge in [-0.2, -0.15) is 0 Å². The number of hydrogen-bond acceptors (Lipinski definition) is 3. The number of thiophene rings is 1. The van der Waals surface area contributed by atoms with E-state index in [1.165, 1.54) is 0 Å². The van der Waals surface area contributed by atoms with E-state index in [1.54, 1.807) is 11.3 Å². The van der Waals surface area contributed by atoms with E-state index in [4.69, 9.17) is 0 Å². The molecule has 2 N–H and O–H groups in total. The molecular weight excluding hydrogens is 246 g/mol. The minimum atomic E-state index is -0.880. The smallest absolute Gasteiger partial charge is 0.225 e. The van der Waals surface area contributed by atoms with Crippen molar-refractivity contribution in [1.29, 1.82) is 0 Å². The fraction of sp³-hybridized carbons (Fsp3) is 0.643. The van der Waals surface area contributed by atoms with Crippen LogP contribution in [0.5, 0.6) is 0 Å². The fourth-order valence-corrected chi connectivity index (χ4v) is 2.90. The monoisotopic (exact) mass is 267 g/mol. The van der Waals surface area contributed by atoms with Crippen molar-refractivity contribution < 1.29 is 9.90 Å². The molecule has 0 radical (unpaired) electrons. The Kier molecular flexibility index (Phi) is 3.52. The quantitative estimate of drug-likeness (QED) is 0.880. The molecule has 1 aromatic heterocycles. The van der Waals surface area contributed by atoms with Gasteiger partial charge in [-0.25, -0.2) is 0 Å². The molecular formula is C14H21NO2S. The van der Waals surface area contributed by atoms with Gasteiger partial charge >= 0.3 is 0 Å². The maximum atomic E-state index is 11.9. The van der Waals surface area contributed by atoms with Gasteiger partial charge in [-0.3, -0.25) is 4.79 Å². The van der Waals surface area contributed by atoms with Crippen LogP contribution in [0.25, 0.3) is 0 Å². The largest absolute Gasteiger partial charge is 0.382 e. The van der Waals surface area contributed by atoms with Crippen LogP contribution < -0.4 is 5.32 Å². The highest BCUT2D eigenvalue weighted by Gasteiger charge is 2.46. The number of carbonyl (C=O) groups is 1. The molecule has 1 fully saturated rings. The minimum absolute atomic E-state index is 0.0156. The molecule has 100 valence electrons. The average molecular weight is 267 g/mol. The second-order valence-electron chi connectivity index (χ2n) is 6.11. The van der Waals surface area contributed by atoms with Gasteiger partial charge in [0.15, 0.2) is 0 Å². The molecule has 1 heterocycles. The highest BCUT2D eigenvalue weighted by atomic mass is 32.1. The molecule has 0 aromatic carbocycles. The van der Waals surface area contributed by atoms with Gasteiger partial charge in [0.25, 0.3) is 0 Å². The van der Waals surface area contributed by atoms with Crippen LogP contribution in [0.3, 0.4) is 0 Å². The van der Waals surface area contributed by atoms with Gasteiger partial charge in [-0.1, -0.05) is 26.8 Å². The summed E-state index contributed by atoms with van der Waals surface area (Å²) in [5.41, 5.74) is -1.30. The average Bonchev–Trinajstić information content (AvgIpc) is 3.00. The van der Waals surface area contributed by atoms with E-state index < -0.39 is 11.0 Å². The van der Waals surface area contributed by atoms with Gasteiger partial charge < -0.3 is 10.4 Å². The molecule has 4 heteroatoms. The van der Waals surface area contributed by atoms with Crippen molar-refractivity contribution in [3.8, 4) is 0 Å². The van der Waals surface area contributed by atoms with Crippen LogP contribution in [0.1, 0.15) is 38.5 Å². The Hall–Kier alpha value is -0.870. The predicted octanol–water partition coefficient (Wildman–Crippen LogP) is 2.51. The highest BCUT2D eigenvalue weighted by molar-refractivity contribution is 7.10. The summed E-state index contributed by atoms with van der Waals surface area (Å²) in [4.78, 5) is 12.9. The van der Waals surface area contributed by atoms with Crippen LogP contribution >= 0.6 is 11.3 Å². The van der Waals surface area contributed by atoms with Crippen molar-refractivity contribution in [2.24, 2.45) is 11.3 Å². The summed E-state index contributed by atoms with van der Waals surface area (Å²) >= 11 is 1.56. The van der Waals surface area contributed by atoms with Crippen molar-refractivity contribution in [2.75, 3.05) is 6.54 Å². The first-order chi connectivity index (χ1) is 8.34. The fourth-order valence-electron chi connectivity index (χ4n) is 2.00. The summed E-state index contributed by atoms with van der Waals surface area (Å²) in [5.74, 6) is 0.273. The Labute approximate surface area is 112 Å². The molecule has 0 spiro atoms. The van der Waals surface area contributed by atoms with Gasteiger partial charge in [0.2, 0.25) is 5.91 Å². The molecule has 0 aliphatic heterocycles. The van der Waals surface area contributed by atoms with E-state index in [0.717, 1.165) is 17.7 Å². The Morgan fingerprint density at radius 2 is 2.17 bits per heavy atom. The Morgan fingerprint density at radius 3 is 2.61 bits per heavy atom. The first-order valence-corrected chi connectivity index (χ1v) is 7.26. The maximum Gasteiger partial charge on any atom is 0.225 e. The Morgan fingerprint density at radius 1 is 1.50 bits per heavy atom. The van der Waals surface area contributed by atoms with E-state index in [2.05, 4.69) is 5.32 Å². The Bertz CT molecular complexity index is 418. The van der Waals surface area contributed by atoms with Crippen LogP contribution in [0.4, 0.5) is 0 Å². The van der Waals surface area contributed by atoms with Gasteiger partial charge in [0.05, 0.1) is 6.54 Å². The van der Waals surface area contributed by atoms with Crippen LogP contribution in [-0.2, 0) is 10.4 Å². The minimum Gasteiger partial charge on any atom is -0.382 e. The molecule has 1 aliphatic rings. The zero-order valence-electron chi connectivity index (χ0n) is 11.2. The SMILES string of the molecule is CC(C)(C)C(=O)NCC(O)(c1cccs1)C1CC1. The van der Waals surface area contributed by atoms with Gasteiger partial charge in [0, 0.05) is 10.3 Å². The maximum absolute atomic E-state index is 11.9. The van der Waals surface area contributed by atoms with Gasteiger partial charge in [-0.15, -0.1) is 11.3 Å². The lowest BCUT2D eigenvalue weighted by Crippen LogP contribution is -2.45. The molecule has 1 amide bonds. The van der Waals surface area contributed by atoms with Crippen LogP contribution in [0.2, 0.25) is 0 Å². The van der Waals surface area contributed by atoms with Crippen LogP contribution in [0, 0.1) is 11.3 Å². The zero-order valence-corrected chi connectivity index (χ0v) is 12.0. The van der Waals surface area contributed by atoms with Crippen LogP contribution in [0.15, 0.2) is 17.5 Å². The number of hydrogen-bond donors (Lipinski definition) is 2. The molecule has 0 bridgehead atoms. The second kappa shape index (κ2) is 4.67. The third-order valence-electron chi connectivity index (χ3n) is 3.40. The zero-order chi connectivity index (χ0) is 13.4. The topological polar surface area (TPSA) is 49.3 Å². The van der Waals surface area contributed by atoms with Crippen molar-refractivity contribution >= 4 is 17.2 Å². The van der Waals surface area contributed by atoms with E-state index in [9.17, 15) is 9.90 Å². The molecule has 1 aromatic rings. The lowest BCUT2D eigenvalue weighted by atomic mass is 9.92. The van der Waals surface area contributed by atoms with Gasteiger partial charge in [-0.05, 0) is 30.2 Å². The number of amides is 1. The molecule has 18 heavy (non-hydrogen) atoms. The van der Waals surface area contributed by atoms with E-state index in [-0.39, 0.29) is 11.8 Å². The van der Waals surface area contributed by atoms with E-state index >= 15 is 0 Å². The standard InChI is InChI=1S/C14H21NO2S/c1-13(2,3)12(16)15-9-14(17,10-6-7-10)11-5-4-8-18-11/h4-5,8,10,17H,6-7,9H2,1-3H3,(H,15,16). The molecule has 1 aliphatic carbocycles. The number of carbonyl (C=O) groups excluding carboxylic acids is 1. The third-order valence-corrected chi connectivity index (χ3v) is 4.44. The molecule has 1 atom stereocenters. The number of rotatable bonds is 4. The third kappa shape index (κ3) is 2.75. The summed E-state index contributed by atoms with van der Waals surface area (Å²) in [5, 5.41) is 15.7. The molecule has 3 nitrogen and oxygen atoms in total. The first kappa shape index (κ1) is 13.6. The molecule has 1 unspecified atom stereocenters. The summed E-state index contributed by atoms with van der Waals surface area (Å²) < 4.78 is 0. The predicted molar refractivity (Wildman–Crippen MR) is 73.4 cm³/mol. The van der Waals surface area contributed by atoms with Crippen molar-refractivity contribution in [2.45, 2.75) is 39.2 Å². The Balaban J connectivity index is 2.06. The summed E-state index contributed by atoms with van der Waals surface area (Å²) in [6.45, 7) is 5.95. The van der Waals surface area contributed by atoms with Crippen molar-refractivity contribution in [3.63, 3.8) is 0 Å². The van der Waals surface area contributed by atoms with E-state index in [1.807, 2.05) is 38.3 Å². The lowest BCUT2D eigenvalue weighted by Gasteiger charge is -2.29. The summed E-state index contributed by atoms with van der Waals surface area (Å²) in [7, 11) is 0. The molecule has 0 saturated heterocycles. The van der Waals surface area contributed by atoms with Crippen molar-refractivity contribution in [1.82, 2.24) is 5.32 Å². The van der Waals surface area contributed by atoms with Crippen molar-refractivity contribution in [3.05, 3.63) is 22.4 Å². The number of aliphatic hydroxyl groups is 1. The first-order valence-electron chi connectivity index (χ1n) is 6.39. The van der Waals surface area contributed by atoms with E-state index in [0.29, 0.717) is 6.54 Å². The normalized spacial score (nSPS) is 19.3. The second-order valence-corrected chi connectivity index (χ2v) is 7.06. The summed E-state index contributed by atoms with van der Waals surface area (Å²) in [6, 6.07) is 3.89. The number of nitrogens with one attached hydrogen (secondary N) is 1.